The topological polar surface area (TPSA) is 67.4 Å². The Bertz CT molecular complexity index is 481. The molecule has 1 aliphatic rings. The summed E-state index contributed by atoms with van der Waals surface area (Å²) in [6.45, 7) is 2.17. The van der Waals surface area contributed by atoms with Gasteiger partial charge in [-0.15, -0.1) is 0 Å². The molecule has 0 aliphatic carbocycles. The molecule has 0 saturated carbocycles. The summed E-state index contributed by atoms with van der Waals surface area (Å²) in [5, 5.41) is 3.22. The minimum atomic E-state index is -3.26. The molecule has 1 aliphatic heterocycles. The molecule has 0 radical (unpaired) electrons. The zero-order chi connectivity index (χ0) is 12.3. The lowest BCUT2D eigenvalue weighted by Crippen LogP contribution is -2.33. The minimum Gasteiger partial charge on any atom is -0.371 e. The molecular weight excluding hydrogens is 240 g/mol. The van der Waals surface area contributed by atoms with Crippen LogP contribution in [0, 0.1) is 0 Å². The summed E-state index contributed by atoms with van der Waals surface area (Å²) >= 11 is 0. The molecule has 0 bridgehead atoms. The average molecular weight is 256 g/mol. The Morgan fingerprint density at radius 2 is 2.18 bits per heavy atom. The number of morpholine rings is 1. The fraction of sp³-hybridized carbons (Fsp3) is 0.455. The molecule has 1 heterocycles. The molecule has 17 heavy (non-hydrogen) atoms. The largest absolute Gasteiger partial charge is 0.371 e. The van der Waals surface area contributed by atoms with E-state index in [1.54, 1.807) is 12.1 Å². The molecule has 1 unspecified atom stereocenters. The van der Waals surface area contributed by atoms with Crippen LogP contribution in [-0.4, -0.2) is 34.4 Å². The molecule has 0 amide bonds. The molecule has 94 valence electrons. The van der Waals surface area contributed by atoms with Gasteiger partial charge in [-0.1, -0.05) is 18.2 Å². The van der Waals surface area contributed by atoms with Crippen LogP contribution in [0.5, 0.6) is 0 Å². The molecule has 0 spiro atoms. The fourth-order valence-electron chi connectivity index (χ4n) is 1.84. The lowest BCUT2D eigenvalue weighted by Gasteiger charge is -2.25. The van der Waals surface area contributed by atoms with Gasteiger partial charge < -0.3 is 10.1 Å². The van der Waals surface area contributed by atoms with Gasteiger partial charge in [-0.2, -0.15) is 0 Å². The van der Waals surface area contributed by atoms with E-state index < -0.39 is 10.0 Å². The van der Waals surface area contributed by atoms with Crippen molar-refractivity contribution < 1.29 is 13.2 Å². The third kappa shape index (κ3) is 3.42. The minimum absolute atomic E-state index is 0.103. The first-order chi connectivity index (χ1) is 8.06. The molecule has 1 aromatic rings. The first-order valence-corrected chi connectivity index (χ1v) is 7.34. The molecule has 1 fully saturated rings. The van der Waals surface area contributed by atoms with Gasteiger partial charge in [0.25, 0.3) is 0 Å². The van der Waals surface area contributed by atoms with E-state index in [4.69, 9.17) is 4.74 Å². The van der Waals surface area contributed by atoms with Gasteiger partial charge >= 0.3 is 0 Å². The summed E-state index contributed by atoms with van der Waals surface area (Å²) in [5.74, 6) is 0. The number of hydrogen-bond donors (Lipinski definition) is 2. The van der Waals surface area contributed by atoms with Crippen LogP contribution < -0.4 is 10.0 Å². The maximum atomic E-state index is 11.3. The summed E-state index contributed by atoms with van der Waals surface area (Å²) in [5.41, 5.74) is 1.45. The molecule has 2 rings (SSSR count). The summed E-state index contributed by atoms with van der Waals surface area (Å²) < 4.78 is 30.7. The second kappa shape index (κ2) is 5.03. The van der Waals surface area contributed by atoms with Crippen LogP contribution in [0.15, 0.2) is 24.3 Å². The van der Waals surface area contributed by atoms with Gasteiger partial charge in [0, 0.05) is 18.7 Å². The molecule has 5 nitrogen and oxygen atoms in total. The van der Waals surface area contributed by atoms with E-state index in [0.717, 1.165) is 18.4 Å². The standard InChI is InChI=1S/C11H16N2O3S/c1-17(14,15)13-10-5-3-2-4-9(10)11-8-12-6-7-16-11/h2-5,11-13H,6-8H2,1H3. The smallest absolute Gasteiger partial charge is 0.229 e. The van der Waals surface area contributed by atoms with Crippen molar-refractivity contribution in [3.8, 4) is 0 Å². The highest BCUT2D eigenvalue weighted by molar-refractivity contribution is 7.92. The lowest BCUT2D eigenvalue weighted by atomic mass is 10.1. The molecule has 2 N–H and O–H groups in total. The van der Waals surface area contributed by atoms with Crippen LogP contribution in [0.4, 0.5) is 5.69 Å². The number of nitrogens with one attached hydrogen (secondary N) is 2. The predicted molar refractivity (Wildman–Crippen MR) is 66.5 cm³/mol. The van der Waals surface area contributed by atoms with Crippen molar-refractivity contribution in [3.63, 3.8) is 0 Å². The van der Waals surface area contributed by atoms with Gasteiger partial charge in [0.2, 0.25) is 10.0 Å². The van der Waals surface area contributed by atoms with Crippen LogP contribution >= 0.6 is 0 Å². The third-order valence-electron chi connectivity index (χ3n) is 2.53. The molecular formula is C11H16N2O3S. The van der Waals surface area contributed by atoms with Crippen molar-refractivity contribution in [3.05, 3.63) is 29.8 Å². The molecule has 6 heteroatoms. The van der Waals surface area contributed by atoms with E-state index in [1.165, 1.54) is 0 Å². The van der Waals surface area contributed by atoms with Crippen LogP contribution in [0.2, 0.25) is 0 Å². The molecule has 1 saturated heterocycles. The summed E-state index contributed by atoms with van der Waals surface area (Å²) in [4.78, 5) is 0. The quantitative estimate of drug-likeness (QED) is 0.836. The van der Waals surface area contributed by atoms with Gasteiger partial charge in [-0.3, -0.25) is 4.72 Å². The van der Waals surface area contributed by atoms with E-state index in [9.17, 15) is 8.42 Å². The summed E-state index contributed by atoms with van der Waals surface area (Å²) in [6, 6.07) is 7.30. The zero-order valence-corrected chi connectivity index (χ0v) is 10.5. The monoisotopic (exact) mass is 256 g/mol. The zero-order valence-electron chi connectivity index (χ0n) is 9.64. The average Bonchev–Trinajstić information content (AvgIpc) is 2.29. The highest BCUT2D eigenvalue weighted by Crippen LogP contribution is 2.26. The first-order valence-electron chi connectivity index (χ1n) is 5.45. The fourth-order valence-corrected chi connectivity index (χ4v) is 2.42. The number of para-hydroxylation sites is 1. The Hall–Kier alpha value is -1.11. The van der Waals surface area contributed by atoms with E-state index >= 15 is 0 Å². The van der Waals surface area contributed by atoms with Gasteiger partial charge in [0.05, 0.1) is 24.7 Å². The van der Waals surface area contributed by atoms with Crippen LogP contribution in [0.1, 0.15) is 11.7 Å². The first kappa shape index (κ1) is 12.3. The number of anilines is 1. The van der Waals surface area contributed by atoms with E-state index in [1.807, 2.05) is 12.1 Å². The number of sulfonamides is 1. The number of rotatable bonds is 3. The van der Waals surface area contributed by atoms with Gasteiger partial charge in [-0.05, 0) is 6.07 Å². The number of hydrogen-bond acceptors (Lipinski definition) is 4. The Kier molecular flexibility index (Phi) is 3.66. The Balaban J connectivity index is 2.26. The van der Waals surface area contributed by atoms with Gasteiger partial charge in [0.15, 0.2) is 0 Å². The molecule has 1 atom stereocenters. The maximum Gasteiger partial charge on any atom is 0.229 e. The highest BCUT2D eigenvalue weighted by Gasteiger charge is 2.19. The Morgan fingerprint density at radius 3 is 2.82 bits per heavy atom. The van der Waals surface area contributed by atoms with E-state index in [2.05, 4.69) is 10.0 Å². The number of ether oxygens (including phenoxy) is 1. The predicted octanol–water partition coefficient (Wildman–Crippen LogP) is 0.719. The SMILES string of the molecule is CS(=O)(=O)Nc1ccccc1C1CNCCO1. The van der Waals surface area contributed by atoms with Crippen molar-refractivity contribution in [2.75, 3.05) is 30.7 Å². The Labute approximate surface area is 101 Å². The van der Waals surface area contributed by atoms with Crippen molar-refractivity contribution in [1.29, 1.82) is 0 Å². The van der Waals surface area contributed by atoms with Gasteiger partial charge in [-0.25, -0.2) is 8.42 Å². The Morgan fingerprint density at radius 1 is 1.41 bits per heavy atom. The van der Waals surface area contributed by atoms with E-state index in [-0.39, 0.29) is 6.10 Å². The van der Waals surface area contributed by atoms with Crippen LogP contribution in [0.25, 0.3) is 0 Å². The summed E-state index contributed by atoms with van der Waals surface area (Å²) in [7, 11) is -3.26. The maximum absolute atomic E-state index is 11.3. The number of benzene rings is 1. The molecule has 0 aromatic heterocycles. The van der Waals surface area contributed by atoms with Gasteiger partial charge in [0.1, 0.15) is 0 Å². The van der Waals surface area contributed by atoms with Crippen LogP contribution in [0.3, 0.4) is 0 Å². The lowest BCUT2D eigenvalue weighted by molar-refractivity contribution is 0.0281. The normalized spacial score (nSPS) is 21.1. The second-order valence-electron chi connectivity index (χ2n) is 4.03. The van der Waals surface area contributed by atoms with E-state index in [0.29, 0.717) is 18.8 Å². The molecule has 1 aromatic carbocycles. The third-order valence-corrected chi connectivity index (χ3v) is 3.12. The van der Waals surface area contributed by atoms with Crippen molar-refractivity contribution >= 4 is 15.7 Å². The highest BCUT2D eigenvalue weighted by atomic mass is 32.2. The second-order valence-corrected chi connectivity index (χ2v) is 5.77. The van der Waals surface area contributed by atoms with Crippen LogP contribution in [-0.2, 0) is 14.8 Å². The van der Waals surface area contributed by atoms with Crippen molar-refractivity contribution in [2.24, 2.45) is 0 Å². The van der Waals surface area contributed by atoms with Crippen molar-refractivity contribution in [1.82, 2.24) is 5.32 Å². The van der Waals surface area contributed by atoms with Crippen molar-refractivity contribution in [2.45, 2.75) is 6.10 Å². The summed E-state index contributed by atoms with van der Waals surface area (Å²) in [6.07, 6.45) is 1.04.